The van der Waals surface area contributed by atoms with Gasteiger partial charge in [-0.25, -0.2) is 0 Å². The molecule has 0 saturated carbocycles. The van der Waals surface area contributed by atoms with E-state index in [9.17, 15) is 0 Å². The normalized spacial score (nSPS) is 10.1. The molecule has 0 radical (unpaired) electrons. The van der Waals surface area contributed by atoms with Crippen molar-refractivity contribution in [1.82, 2.24) is 0 Å². The topological polar surface area (TPSA) is 0 Å². The third kappa shape index (κ3) is 9.01. The first-order valence-corrected chi connectivity index (χ1v) is 5.35. The molecule has 0 heterocycles. The van der Waals surface area contributed by atoms with Crippen LogP contribution in [0.3, 0.4) is 0 Å². The summed E-state index contributed by atoms with van der Waals surface area (Å²) in [4.78, 5) is 0. The maximum Gasteiger partial charge on any atom is -0.0398 e. The molecule has 0 aliphatic carbocycles. The Balaban J connectivity index is 0.000000262. The predicted molar refractivity (Wildman–Crippen MR) is 70.0 cm³/mol. The molecule has 0 nitrogen and oxygen atoms in total. The predicted octanol–water partition coefficient (Wildman–Crippen LogP) is 4.91. The Morgan fingerprint density at radius 2 is 1.53 bits per heavy atom. The van der Waals surface area contributed by atoms with Crippen molar-refractivity contribution in [3.05, 3.63) is 59.2 Å². The van der Waals surface area contributed by atoms with Gasteiger partial charge in [0.15, 0.2) is 0 Å². The van der Waals surface area contributed by atoms with Crippen LogP contribution in [-0.2, 0) is 0 Å². The van der Waals surface area contributed by atoms with Crippen LogP contribution in [0, 0.1) is 6.92 Å². The lowest BCUT2D eigenvalue weighted by atomic mass is 10.2. The monoisotopic (exact) mass is 202 g/mol. The van der Waals surface area contributed by atoms with E-state index in [1.807, 2.05) is 18.2 Å². The van der Waals surface area contributed by atoms with Crippen LogP contribution in [0.25, 0.3) is 0 Å². The molecule has 1 rings (SSSR count). The van der Waals surface area contributed by atoms with Gasteiger partial charge in [-0.15, -0.1) is 0 Å². The van der Waals surface area contributed by atoms with Crippen LogP contribution in [0.1, 0.15) is 33.3 Å². The van der Waals surface area contributed by atoms with E-state index in [1.54, 1.807) is 0 Å². The van der Waals surface area contributed by atoms with E-state index in [4.69, 9.17) is 0 Å². The van der Waals surface area contributed by atoms with Gasteiger partial charge in [-0.1, -0.05) is 59.2 Å². The Bertz CT molecular complexity index is 311. The van der Waals surface area contributed by atoms with Crippen LogP contribution in [-0.4, -0.2) is 0 Å². The average molecular weight is 202 g/mol. The molecule has 0 saturated heterocycles. The summed E-state index contributed by atoms with van der Waals surface area (Å²) in [5.41, 5.74) is 4.02. The largest absolute Gasteiger partial charge is 0.0847 e. The maximum atomic E-state index is 2.17. The first-order chi connectivity index (χ1) is 7.06. The summed E-state index contributed by atoms with van der Waals surface area (Å²) in [5.74, 6) is 0. The molecule has 0 heteroatoms. The molecular weight excluding hydrogens is 180 g/mol. The minimum absolute atomic E-state index is 1.32. The molecule has 0 N–H and O–H groups in total. The van der Waals surface area contributed by atoms with Crippen molar-refractivity contribution in [2.75, 3.05) is 0 Å². The second kappa shape index (κ2) is 8.05. The molecule has 0 aliphatic rings. The molecule has 82 valence electrons. The van der Waals surface area contributed by atoms with Gasteiger partial charge in [0.25, 0.3) is 0 Å². The fraction of sp³-hybridized carbons (Fsp3) is 0.333. The van der Waals surface area contributed by atoms with Crippen molar-refractivity contribution < 1.29 is 0 Å². The van der Waals surface area contributed by atoms with Crippen LogP contribution < -0.4 is 0 Å². The van der Waals surface area contributed by atoms with Gasteiger partial charge in [0.05, 0.1) is 0 Å². The highest BCUT2D eigenvalue weighted by atomic mass is 13.8. The first kappa shape index (κ1) is 13.7. The van der Waals surface area contributed by atoms with E-state index in [0.717, 1.165) is 0 Å². The molecule has 0 aromatic heterocycles. The summed E-state index contributed by atoms with van der Waals surface area (Å²) in [5, 5.41) is 0. The summed E-state index contributed by atoms with van der Waals surface area (Å²) < 4.78 is 0. The number of hydrogen-bond acceptors (Lipinski definition) is 0. The van der Waals surface area contributed by atoms with Crippen LogP contribution in [0.2, 0.25) is 0 Å². The molecule has 1 aromatic rings. The molecule has 0 atom stereocenters. The molecular formula is C15H22. The lowest BCUT2D eigenvalue weighted by Crippen LogP contribution is -1.67. The van der Waals surface area contributed by atoms with Crippen molar-refractivity contribution in [3.63, 3.8) is 0 Å². The van der Waals surface area contributed by atoms with Gasteiger partial charge in [0.1, 0.15) is 0 Å². The van der Waals surface area contributed by atoms with E-state index < -0.39 is 0 Å². The number of rotatable bonds is 1. The molecule has 0 spiro atoms. The first-order valence-electron chi connectivity index (χ1n) is 5.35. The number of benzene rings is 1. The SMILES string of the molecule is C/C=C(/C)C=C(C)C.Cc1ccccc1. The van der Waals surface area contributed by atoms with Gasteiger partial charge < -0.3 is 0 Å². The second-order valence-electron chi connectivity index (χ2n) is 3.91. The molecule has 15 heavy (non-hydrogen) atoms. The van der Waals surface area contributed by atoms with Gasteiger partial charge >= 0.3 is 0 Å². The number of allylic oxidation sites excluding steroid dienone is 4. The van der Waals surface area contributed by atoms with E-state index >= 15 is 0 Å². The molecule has 1 aromatic carbocycles. The Kier molecular flexibility index (Phi) is 7.35. The van der Waals surface area contributed by atoms with Gasteiger partial charge in [0, 0.05) is 0 Å². The smallest absolute Gasteiger partial charge is 0.0398 e. The summed E-state index contributed by atoms with van der Waals surface area (Å²) in [7, 11) is 0. The van der Waals surface area contributed by atoms with Crippen LogP contribution in [0.15, 0.2) is 53.6 Å². The Morgan fingerprint density at radius 3 is 1.73 bits per heavy atom. The van der Waals surface area contributed by atoms with Gasteiger partial charge in [-0.05, 0) is 34.6 Å². The van der Waals surface area contributed by atoms with Crippen molar-refractivity contribution >= 4 is 0 Å². The third-order valence-electron chi connectivity index (χ3n) is 1.91. The summed E-state index contributed by atoms with van der Waals surface area (Å²) in [6.07, 6.45) is 4.27. The zero-order valence-electron chi connectivity index (χ0n) is 10.5. The Hall–Kier alpha value is -1.30. The fourth-order valence-corrected chi connectivity index (χ4v) is 1.07. The van der Waals surface area contributed by atoms with Crippen molar-refractivity contribution in [3.8, 4) is 0 Å². The zero-order chi connectivity index (χ0) is 11.7. The quantitative estimate of drug-likeness (QED) is 0.567. The Morgan fingerprint density at radius 1 is 1.00 bits per heavy atom. The minimum Gasteiger partial charge on any atom is -0.0847 e. The lowest BCUT2D eigenvalue weighted by molar-refractivity contribution is 1.34. The van der Waals surface area contributed by atoms with Gasteiger partial charge in [-0.3, -0.25) is 0 Å². The maximum absolute atomic E-state index is 2.17. The minimum atomic E-state index is 1.32. The van der Waals surface area contributed by atoms with E-state index in [0.29, 0.717) is 0 Å². The standard InChI is InChI=1S/C8H14.C7H8/c1-5-8(4)6-7(2)3;1-7-5-3-2-4-6-7/h5-6H,1-4H3;2-6H,1H3/b8-5-;. The van der Waals surface area contributed by atoms with E-state index in [1.165, 1.54) is 16.7 Å². The van der Waals surface area contributed by atoms with Gasteiger partial charge in [-0.2, -0.15) is 0 Å². The molecule has 0 fully saturated rings. The van der Waals surface area contributed by atoms with Crippen LogP contribution >= 0.6 is 0 Å². The van der Waals surface area contributed by atoms with Crippen LogP contribution in [0.4, 0.5) is 0 Å². The fourth-order valence-electron chi connectivity index (χ4n) is 1.07. The lowest BCUT2D eigenvalue weighted by Gasteiger charge is -1.88. The van der Waals surface area contributed by atoms with Crippen molar-refractivity contribution in [1.29, 1.82) is 0 Å². The highest BCUT2D eigenvalue weighted by Gasteiger charge is 1.77. The molecule has 0 bridgehead atoms. The summed E-state index contributed by atoms with van der Waals surface area (Å²) in [6.45, 7) is 10.4. The summed E-state index contributed by atoms with van der Waals surface area (Å²) in [6, 6.07) is 10.3. The van der Waals surface area contributed by atoms with Crippen molar-refractivity contribution in [2.24, 2.45) is 0 Å². The number of aryl methyl sites for hydroxylation is 1. The molecule has 0 unspecified atom stereocenters. The number of hydrogen-bond donors (Lipinski definition) is 0. The van der Waals surface area contributed by atoms with E-state index in [2.05, 4.69) is 58.9 Å². The average Bonchev–Trinajstić information content (AvgIpc) is 2.19. The van der Waals surface area contributed by atoms with Gasteiger partial charge in [0.2, 0.25) is 0 Å². The highest BCUT2D eigenvalue weighted by molar-refractivity contribution is 5.18. The van der Waals surface area contributed by atoms with Crippen molar-refractivity contribution in [2.45, 2.75) is 34.6 Å². The molecule has 0 aliphatic heterocycles. The summed E-state index contributed by atoms with van der Waals surface area (Å²) >= 11 is 0. The van der Waals surface area contributed by atoms with Crippen LogP contribution in [0.5, 0.6) is 0 Å². The second-order valence-corrected chi connectivity index (χ2v) is 3.91. The highest BCUT2D eigenvalue weighted by Crippen LogP contribution is 1.98. The third-order valence-corrected chi connectivity index (χ3v) is 1.91. The Labute approximate surface area is 94.3 Å². The van der Waals surface area contributed by atoms with E-state index in [-0.39, 0.29) is 0 Å². The molecule has 0 amide bonds. The zero-order valence-corrected chi connectivity index (χ0v) is 10.5.